The topological polar surface area (TPSA) is 38.4 Å². The molecule has 0 saturated carbocycles. The van der Waals surface area contributed by atoms with Gasteiger partial charge in [-0.25, -0.2) is 14.2 Å². The summed E-state index contributed by atoms with van der Waals surface area (Å²) in [6.07, 6.45) is 2.39. The minimum absolute atomic E-state index is 0.438. The minimum atomic E-state index is 0.438. The lowest BCUT2D eigenvalue weighted by Crippen LogP contribution is -2.28. The van der Waals surface area contributed by atoms with E-state index in [0.29, 0.717) is 16.6 Å². The highest BCUT2D eigenvalue weighted by Gasteiger charge is 2.27. The molecule has 1 atom stereocenters. The van der Waals surface area contributed by atoms with Gasteiger partial charge in [0.25, 0.3) is 5.78 Å². The van der Waals surface area contributed by atoms with Crippen molar-refractivity contribution < 1.29 is 0 Å². The molecule has 2 aromatic heterocycles. The number of aromatic nitrogens is 4. The summed E-state index contributed by atoms with van der Waals surface area (Å²) in [5.74, 6) is 0.695. The van der Waals surface area contributed by atoms with Crippen LogP contribution in [-0.2, 0) is 6.67 Å². The number of hydrogen-bond acceptors (Lipinski definition) is 4. The molecule has 6 heteroatoms. The van der Waals surface area contributed by atoms with Crippen molar-refractivity contribution in [3.63, 3.8) is 0 Å². The van der Waals surface area contributed by atoms with Crippen molar-refractivity contribution in [2.24, 2.45) is 0 Å². The maximum Gasteiger partial charge on any atom is 0.252 e. The molecule has 4 rings (SSSR count). The van der Waals surface area contributed by atoms with Crippen LogP contribution in [0, 0.1) is 25.5 Å². The molecule has 0 N–H and O–H groups in total. The highest BCUT2D eigenvalue weighted by Crippen LogP contribution is 2.32. The lowest BCUT2D eigenvalue weighted by molar-refractivity contribution is 0.185. The molecule has 25 heavy (non-hydrogen) atoms. The molecule has 5 nitrogen and oxygen atoms in total. The van der Waals surface area contributed by atoms with E-state index >= 15 is 0 Å². The fraction of sp³-hybridized carbons (Fsp3) is 0.421. The lowest BCUT2D eigenvalue weighted by Gasteiger charge is -2.25. The van der Waals surface area contributed by atoms with Gasteiger partial charge in [-0.2, -0.15) is 4.98 Å². The first-order valence-corrected chi connectivity index (χ1v) is 9.19. The molecule has 0 bridgehead atoms. The average molecular weight is 353 g/mol. The molecule has 1 aromatic carbocycles. The monoisotopic (exact) mass is 353 g/mol. The van der Waals surface area contributed by atoms with Crippen LogP contribution in [0.3, 0.4) is 0 Å². The standard InChI is InChI=1S/C19H23N5S/c1-13-14(2)20-18-21-19(25)23(24(18)15(13)3)12-22-11-7-10-17(22)16-8-5-4-6-9-16/h4-6,8-9,17H,7,10-12H2,1-3H3/t17-/m1/s1. The van der Waals surface area contributed by atoms with E-state index < -0.39 is 0 Å². The van der Waals surface area contributed by atoms with Crippen LogP contribution in [0.15, 0.2) is 30.3 Å². The normalized spacial score (nSPS) is 18.3. The van der Waals surface area contributed by atoms with Crippen molar-refractivity contribution in [3.05, 3.63) is 57.6 Å². The zero-order valence-corrected chi connectivity index (χ0v) is 15.8. The van der Waals surface area contributed by atoms with Crippen LogP contribution in [0.1, 0.15) is 41.4 Å². The SMILES string of the molecule is Cc1nc2nc(=S)n(CN3CCC[C@@H]3c3ccccc3)n2c(C)c1C. The Kier molecular flexibility index (Phi) is 4.17. The van der Waals surface area contributed by atoms with Crippen molar-refractivity contribution in [1.82, 2.24) is 24.1 Å². The number of aryl methyl sites for hydroxylation is 2. The first-order chi connectivity index (χ1) is 12.1. The van der Waals surface area contributed by atoms with Crippen molar-refractivity contribution in [3.8, 4) is 0 Å². The molecule has 0 spiro atoms. The van der Waals surface area contributed by atoms with Crippen LogP contribution in [0.5, 0.6) is 0 Å². The molecule has 1 aliphatic rings. The van der Waals surface area contributed by atoms with Gasteiger partial charge < -0.3 is 0 Å². The number of likely N-dealkylation sites (tertiary alicyclic amines) is 1. The minimum Gasteiger partial charge on any atom is -0.277 e. The predicted octanol–water partition coefficient (Wildman–Crippen LogP) is 3.98. The number of benzene rings is 1. The molecular weight excluding hydrogens is 330 g/mol. The fourth-order valence-electron chi connectivity index (χ4n) is 3.79. The Balaban J connectivity index is 1.75. The fourth-order valence-corrected chi connectivity index (χ4v) is 4.01. The van der Waals surface area contributed by atoms with E-state index in [9.17, 15) is 0 Å². The number of rotatable bonds is 3. The predicted molar refractivity (Wildman–Crippen MR) is 101 cm³/mol. The third-order valence-electron chi connectivity index (χ3n) is 5.38. The van der Waals surface area contributed by atoms with Gasteiger partial charge in [0.05, 0.1) is 6.67 Å². The Morgan fingerprint density at radius 3 is 2.64 bits per heavy atom. The van der Waals surface area contributed by atoms with Crippen LogP contribution in [0.25, 0.3) is 5.78 Å². The van der Waals surface area contributed by atoms with E-state index in [0.717, 1.165) is 24.6 Å². The molecule has 3 heterocycles. The first-order valence-electron chi connectivity index (χ1n) is 8.78. The van der Waals surface area contributed by atoms with Gasteiger partial charge in [0.15, 0.2) is 0 Å². The highest BCUT2D eigenvalue weighted by atomic mass is 32.1. The quantitative estimate of drug-likeness (QED) is 0.668. The van der Waals surface area contributed by atoms with E-state index in [1.54, 1.807) is 0 Å². The molecule has 1 saturated heterocycles. The number of hydrogen-bond donors (Lipinski definition) is 0. The highest BCUT2D eigenvalue weighted by molar-refractivity contribution is 7.71. The van der Waals surface area contributed by atoms with Gasteiger partial charge in [-0.05, 0) is 57.0 Å². The molecule has 3 aromatic rings. The average Bonchev–Trinajstić information content (AvgIpc) is 3.19. The Morgan fingerprint density at radius 1 is 1.12 bits per heavy atom. The first kappa shape index (κ1) is 16.4. The van der Waals surface area contributed by atoms with Gasteiger partial charge in [0.2, 0.25) is 4.77 Å². The van der Waals surface area contributed by atoms with E-state index in [1.165, 1.54) is 24.0 Å². The second kappa shape index (κ2) is 6.35. The summed E-state index contributed by atoms with van der Waals surface area (Å²) in [6, 6.07) is 11.2. The molecule has 0 unspecified atom stereocenters. The molecule has 130 valence electrons. The van der Waals surface area contributed by atoms with Crippen LogP contribution in [0.2, 0.25) is 0 Å². The smallest absolute Gasteiger partial charge is 0.252 e. The Morgan fingerprint density at radius 2 is 1.88 bits per heavy atom. The van der Waals surface area contributed by atoms with Crippen LogP contribution >= 0.6 is 12.2 Å². The molecule has 0 amide bonds. The van der Waals surface area contributed by atoms with E-state index in [4.69, 9.17) is 12.2 Å². The Bertz CT molecular complexity index is 973. The van der Waals surface area contributed by atoms with Gasteiger partial charge in [-0.15, -0.1) is 0 Å². The summed E-state index contributed by atoms with van der Waals surface area (Å²) in [4.78, 5) is 11.6. The second-order valence-corrected chi connectivity index (χ2v) is 7.20. The molecular formula is C19H23N5S. The Labute approximate surface area is 152 Å². The number of fused-ring (bicyclic) bond motifs is 1. The molecule has 1 fully saturated rings. The van der Waals surface area contributed by atoms with Gasteiger partial charge >= 0.3 is 0 Å². The summed E-state index contributed by atoms with van der Waals surface area (Å²) >= 11 is 5.55. The van der Waals surface area contributed by atoms with Crippen molar-refractivity contribution >= 4 is 18.0 Å². The summed E-state index contributed by atoms with van der Waals surface area (Å²) in [7, 11) is 0. The van der Waals surface area contributed by atoms with Crippen molar-refractivity contribution in [2.45, 2.75) is 46.3 Å². The van der Waals surface area contributed by atoms with Crippen LogP contribution in [-0.4, -0.2) is 30.6 Å². The third kappa shape index (κ3) is 2.79. The largest absolute Gasteiger partial charge is 0.277 e. The molecule has 0 radical (unpaired) electrons. The second-order valence-electron chi connectivity index (χ2n) is 6.84. The van der Waals surface area contributed by atoms with Gasteiger partial charge in [0.1, 0.15) is 0 Å². The van der Waals surface area contributed by atoms with E-state index in [-0.39, 0.29) is 0 Å². The summed E-state index contributed by atoms with van der Waals surface area (Å²) in [6.45, 7) is 8.06. The van der Waals surface area contributed by atoms with Crippen molar-refractivity contribution in [1.29, 1.82) is 0 Å². The number of nitrogens with zero attached hydrogens (tertiary/aromatic N) is 5. The molecule has 1 aliphatic heterocycles. The summed E-state index contributed by atoms with van der Waals surface area (Å²) in [5, 5.41) is 0. The van der Waals surface area contributed by atoms with Gasteiger partial charge in [-0.3, -0.25) is 4.90 Å². The van der Waals surface area contributed by atoms with Crippen LogP contribution in [0.4, 0.5) is 0 Å². The van der Waals surface area contributed by atoms with Crippen LogP contribution < -0.4 is 0 Å². The molecule has 0 aliphatic carbocycles. The Hall–Kier alpha value is -2.05. The summed E-state index contributed by atoms with van der Waals surface area (Å²) in [5.41, 5.74) is 4.74. The zero-order chi connectivity index (χ0) is 17.6. The van der Waals surface area contributed by atoms with E-state index in [1.807, 2.05) is 6.92 Å². The summed E-state index contributed by atoms with van der Waals surface area (Å²) < 4.78 is 4.76. The maximum absolute atomic E-state index is 5.55. The van der Waals surface area contributed by atoms with Crippen molar-refractivity contribution in [2.75, 3.05) is 6.54 Å². The van der Waals surface area contributed by atoms with Gasteiger partial charge in [-0.1, -0.05) is 30.3 Å². The maximum atomic E-state index is 5.55. The third-order valence-corrected chi connectivity index (χ3v) is 5.68. The van der Waals surface area contributed by atoms with E-state index in [2.05, 4.69) is 68.2 Å². The lowest BCUT2D eigenvalue weighted by atomic mass is 10.1. The van der Waals surface area contributed by atoms with Gasteiger partial charge in [0, 0.05) is 24.0 Å². The zero-order valence-electron chi connectivity index (χ0n) is 14.9.